The number of carbonyl (C=O) groups is 1. The van der Waals surface area contributed by atoms with Crippen molar-refractivity contribution in [2.45, 2.75) is 18.8 Å². The molecule has 1 aliphatic carbocycles. The molecule has 0 saturated carbocycles. The number of hydrogen-bond acceptors (Lipinski definition) is 1. The van der Waals surface area contributed by atoms with Gasteiger partial charge in [0.2, 0.25) is 0 Å². The molecule has 2 aromatic carbocycles. The van der Waals surface area contributed by atoms with Crippen LogP contribution in [0.4, 0.5) is 0 Å². The fourth-order valence-corrected chi connectivity index (χ4v) is 3.40. The van der Waals surface area contributed by atoms with Gasteiger partial charge in [0.05, 0.1) is 10.0 Å². The lowest BCUT2D eigenvalue weighted by Crippen LogP contribution is -2.12. The number of carbonyl (C=O) groups excluding carboxylic acids is 1. The zero-order valence-corrected chi connectivity index (χ0v) is 13.9. The van der Waals surface area contributed by atoms with E-state index < -0.39 is 0 Å². The molecule has 1 nitrogen and oxygen atoms in total. The van der Waals surface area contributed by atoms with Gasteiger partial charge in [0.1, 0.15) is 0 Å². The molecule has 0 N–H and O–H groups in total. The van der Waals surface area contributed by atoms with E-state index in [4.69, 9.17) is 34.8 Å². The van der Waals surface area contributed by atoms with Crippen LogP contribution in [0.2, 0.25) is 15.1 Å². The number of allylic oxidation sites excluding steroid dienone is 2. The van der Waals surface area contributed by atoms with Crippen molar-refractivity contribution in [2.75, 3.05) is 0 Å². The van der Waals surface area contributed by atoms with Crippen molar-refractivity contribution in [3.8, 4) is 0 Å². The third-order valence-electron chi connectivity index (χ3n) is 3.88. The fourth-order valence-electron chi connectivity index (χ4n) is 2.82. The molecular weight excluding hydrogens is 339 g/mol. The first-order valence-corrected chi connectivity index (χ1v) is 8.11. The Morgan fingerprint density at radius 2 is 1.64 bits per heavy atom. The number of ketones is 1. The van der Waals surface area contributed by atoms with Crippen LogP contribution in [0.3, 0.4) is 0 Å². The summed E-state index contributed by atoms with van der Waals surface area (Å²) < 4.78 is 0. The molecule has 1 aliphatic rings. The van der Waals surface area contributed by atoms with Crippen molar-refractivity contribution in [3.63, 3.8) is 0 Å². The Bertz CT molecular complexity index is 765. The van der Waals surface area contributed by atoms with Gasteiger partial charge >= 0.3 is 0 Å². The normalized spacial score (nSPS) is 18.2. The number of hydrogen-bond donors (Lipinski definition) is 0. The smallest absolute Gasteiger partial charge is 0.156 e. The van der Waals surface area contributed by atoms with Gasteiger partial charge in [-0.05, 0) is 53.3 Å². The van der Waals surface area contributed by atoms with Crippen LogP contribution in [0, 0.1) is 0 Å². The van der Waals surface area contributed by atoms with Gasteiger partial charge in [-0.1, -0.05) is 59.1 Å². The van der Waals surface area contributed by atoms with Crippen LogP contribution in [0.15, 0.2) is 48.5 Å². The van der Waals surface area contributed by atoms with Crippen LogP contribution in [0.5, 0.6) is 0 Å². The van der Waals surface area contributed by atoms with Gasteiger partial charge in [-0.25, -0.2) is 0 Å². The van der Waals surface area contributed by atoms with Gasteiger partial charge in [0.25, 0.3) is 0 Å². The average molecular weight is 352 g/mol. The molecule has 0 fully saturated rings. The van der Waals surface area contributed by atoms with E-state index in [2.05, 4.69) is 0 Å². The molecule has 0 aromatic heterocycles. The van der Waals surface area contributed by atoms with Gasteiger partial charge in [0, 0.05) is 11.4 Å². The molecule has 112 valence electrons. The third-order valence-corrected chi connectivity index (χ3v) is 4.97. The Hall–Kier alpha value is -1.28. The maximum absolute atomic E-state index is 12.1. The van der Waals surface area contributed by atoms with Crippen molar-refractivity contribution in [3.05, 3.63) is 74.7 Å². The van der Waals surface area contributed by atoms with E-state index in [1.54, 1.807) is 18.2 Å². The predicted octanol–water partition coefficient (Wildman–Crippen LogP) is 6.18. The molecule has 3 rings (SSSR count). The summed E-state index contributed by atoms with van der Waals surface area (Å²) in [5, 5.41) is 1.71. The number of rotatable bonds is 2. The second kappa shape index (κ2) is 6.45. The summed E-state index contributed by atoms with van der Waals surface area (Å²) in [6, 6.07) is 13.1. The van der Waals surface area contributed by atoms with Crippen LogP contribution >= 0.6 is 34.8 Å². The average Bonchev–Trinajstić information content (AvgIpc) is 2.50. The van der Waals surface area contributed by atoms with Crippen LogP contribution in [-0.4, -0.2) is 5.78 Å². The standard InChI is InChI=1S/C18H13Cl3O/c19-16-4-2-1-3-15(16)13-7-12(8-14(22)9-13)11-5-6-17(20)18(21)10-11/h1-6,8,10,13H,7,9H2. The second-order valence-corrected chi connectivity index (χ2v) is 6.61. The molecule has 1 atom stereocenters. The Kier molecular flexibility index (Phi) is 4.58. The van der Waals surface area contributed by atoms with Crippen molar-refractivity contribution in [2.24, 2.45) is 0 Å². The summed E-state index contributed by atoms with van der Waals surface area (Å²) in [5.41, 5.74) is 2.92. The summed E-state index contributed by atoms with van der Waals surface area (Å²) in [6.07, 6.45) is 2.94. The fraction of sp³-hybridized carbons (Fsp3) is 0.167. The summed E-state index contributed by atoms with van der Waals surface area (Å²) in [4.78, 5) is 12.1. The van der Waals surface area contributed by atoms with E-state index in [-0.39, 0.29) is 11.7 Å². The summed E-state index contributed by atoms with van der Waals surface area (Å²) >= 11 is 18.3. The topological polar surface area (TPSA) is 17.1 Å². The monoisotopic (exact) mass is 350 g/mol. The Morgan fingerprint density at radius 1 is 0.864 bits per heavy atom. The van der Waals surface area contributed by atoms with Crippen LogP contribution in [-0.2, 0) is 4.79 Å². The SMILES string of the molecule is O=C1C=C(c2ccc(Cl)c(Cl)c2)CC(c2ccccc2Cl)C1. The lowest BCUT2D eigenvalue weighted by molar-refractivity contribution is -0.115. The van der Waals surface area contributed by atoms with E-state index in [0.717, 1.165) is 23.1 Å². The van der Waals surface area contributed by atoms with E-state index in [9.17, 15) is 4.79 Å². The molecule has 0 aliphatic heterocycles. The predicted molar refractivity (Wildman–Crippen MR) is 92.9 cm³/mol. The molecule has 0 amide bonds. The second-order valence-electron chi connectivity index (χ2n) is 5.39. The largest absolute Gasteiger partial charge is 0.295 e. The lowest BCUT2D eigenvalue weighted by Gasteiger charge is -2.23. The Morgan fingerprint density at radius 3 is 2.36 bits per heavy atom. The van der Waals surface area contributed by atoms with E-state index in [1.807, 2.05) is 30.3 Å². The van der Waals surface area contributed by atoms with Crippen molar-refractivity contribution in [1.29, 1.82) is 0 Å². The maximum atomic E-state index is 12.1. The summed E-state index contributed by atoms with van der Waals surface area (Å²) in [7, 11) is 0. The molecular formula is C18H13Cl3O. The molecule has 2 aromatic rings. The van der Waals surface area contributed by atoms with Gasteiger partial charge in [0.15, 0.2) is 5.78 Å². The number of halogens is 3. The first-order chi connectivity index (χ1) is 10.5. The summed E-state index contributed by atoms with van der Waals surface area (Å²) in [5.74, 6) is 0.202. The molecule has 0 spiro atoms. The molecule has 4 heteroatoms. The first kappa shape index (κ1) is 15.6. The van der Waals surface area contributed by atoms with Crippen LogP contribution < -0.4 is 0 Å². The summed E-state index contributed by atoms with van der Waals surface area (Å²) in [6.45, 7) is 0. The lowest BCUT2D eigenvalue weighted by atomic mass is 9.81. The maximum Gasteiger partial charge on any atom is 0.156 e. The number of benzene rings is 2. The highest BCUT2D eigenvalue weighted by Crippen LogP contribution is 2.39. The molecule has 1 unspecified atom stereocenters. The van der Waals surface area contributed by atoms with Crippen molar-refractivity contribution >= 4 is 46.2 Å². The Labute approximate surface area is 144 Å². The molecule has 0 radical (unpaired) electrons. The first-order valence-electron chi connectivity index (χ1n) is 6.98. The molecule has 0 saturated heterocycles. The van der Waals surface area contributed by atoms with E-state index in [1.165, 1.54) is 0 Å². The minimum Gasteiger partial charge on any atom is -0.295 e. The zero-order valence-electron chi connectivity index (χ0n) is 11.7. The van der Waals surface area contributed by atoms with Gasteiger partial charge < -0.3 is 0 Å². The van der Waals surface area contributed by atoms with E-state index in [0.29, 0.717) is 21.5 Å². The van der Waals surface area contributed by atoms with Gasteiger partial charge in [-0.2, -0.15) is 0 Å². The van der Waals surface area contributed by atoms with Crippen LogP contribution in [0.25, 0.3) is 5.57 Å². The van der Waals surface area contributed by atoms with Crippen molar-refractivity contribution < 1.29 is 4.79 Å². The third kappa shape index (κ3) is 3.22. The highest BCUT2D eigenvalue weighted by Gasteiger charge is 2.24. The molecule has 22 heavy (non-hydrogen) atoms. The van der Waals surface area contributed by atoms with Gasteiger partial charge in [-0.3, -0.25) is 4.79 Å². The van der Waals surface area contributed by atoms with Crippen molar-refractivity contribution in [1.82, 2.24) is 0 Å². The molecule has 0 bridgehead atoms. The Balaban J connectivity index is 1.95. The zero-order chi connectivity index (χ0) is 15.7. The quantitative estimate of drug-likeness (QED) is 0.631. The minimum atomic E-state index is 0.0932. The highest BCUT2D eigenvalue weighted by atomic mass is 35.5. The van der Waals surface area contributed by atoms with Gasteiger partial charge in [-0.15, -0.1) is 0 Å². The minimum absolute atomic E-state index is 0.0932. The highest BCUT2D eigenvalue weighted by molar-refractivity contribution is 6.42. The van der Waals surface area contributed by atoms with E-state index >= 15 is 0 Å². The molecule has 0 heterocycles. The van der Waals surface area contributed by atoms with Crippen LogP contribution in [0.1, 0.15) is 29.9 Å².